The number of carbonyl (C=O) groups is 1. The normalized spacial score (nSPS) is 16.9. The van der Waals surface area contributed by atoms with Gasteiger partial charge in [0.15, 0.2) is 0 Å². The van der Waals surface area contributed by atoms with E-state index in [-0.39, 0.29) is 6.03 Å². The van der Waals surface area contributed by atoms with Crippen LogP contribution in [0.2, 0.25) is 0 Å². The van der Waals surface area contributed by atoms with Crippen LogP contribution in [0.15, 0.2) is 12.7 Å². The van der Waals surface area contributed by atoms with E-state index in [1.54, 1.807) is 6.08 Å². The van der Waals surface area contributed by atoms with Crippen molar-refractivity contribution in [1.29, 1.82) is 0 Å². The Labute approximate surface area is 162 Å². The first-order valence-corrected chi connectivity index (χ1v) is 10.0. The van der Waals surface area contributed by atoms with Gasteiger partial charge in [-0.05, 0) is 33.1 Å². The average molecular weight is 373 g/mol. The Hall–Kier alpha value is -2.31. The molecule has 148 valence electrons. The standard InChI is InChI=1S/C20H32N6O/c1-5-10-21-20(27)26-13-9-17-16(14-26)18(24(4)15(2)3)23-19(22-17)25-11-7-6-8-12-25/h5,15H,1,6-14H2,2-4H3,(H,21,27). The van der Waals surface area contributed by atoms with Crippen molar-refractivity contribution in [3.63, 3.8) is 0 Å². The summed E-state index contributed by atoms with van der Waals surface area (Å²) in [5.41, 5.74) is 2.16. The van der Waals surface area contributed by atoms with Gasteiger partial charge in [-0.2, -0.15) is 4.98 Å². The van der Waals surface area contributed by atoms with Crippen molar-refractivity contribution in [3.05, 3.63) is 23.9 Å². The molecule has 7 heteroatoms. The van der Waals surface area contributed by atoms with Crippen LogP contribution in [-0.4, -0.2) is 60.2 Å². The number of urea groups is 1. The Balaban J connectivity index is 1.91. The van der Waals surface area contributed by atoms with Crippen molar-refractivity contribution in [3.8, 4) is 0 Å². The lowest BCUT2D eigenvalue weighted by Crippen LogP contribution is -2.44. The van der Waals surface area contributed by atoms with Crippen LogP contribution in [0.4, 0.5) is 16.6 Å². The minimum Gasteiger partial charge on any atom is -0.357 e. The van der Waals surface area contributed by atoms with Gasteiger partial charge in [-0.25, -0.2) is 9.78 Å². The molecule has 0 spiro atoms. The molecule has 2 amide bonds. The number of hydrogen-bond acceptors (Lipinski definition) is 5. The van der Waals surface area contributed by atoms with Crippen molar-refractivity contribution in [2.75, 3.05) is 43.0 Å². The van der Waals surface area contributed by atoms with Gasteiger partial charge >= 0.3 is 6.03 Å². The Morgan fingerprint density at radius 2 is 2.00 bits per heavy atom. The lowest BCUT2D eigenvalue weighted by Gasteiger charge is -2.35. The van der Waals surface area contributed by atoms with E-state index < -0.39 is 0 Å². The molecule has 1 saturated heterocycles. The summed E-state index contributed by atoms with van der Waals surface area (Å²) in [6.45, 7) is 11.7. The molecule has 2 aliphatic heterocycles. The monoisotopic (exact) mass is 372 g/mol. The molecule has 3 heterocycles. The Kier molecular flexibility index (Phi) is 6.19. The molecule has 0 radical (unpaired) electrons. The van der Waals surface area contributed by atoms with Crippen LogP contribution in [0.3, 0.4) is 0 Å². The summed E-state index contributed by atoms with van der Waals surface area (Å²) in [6, 6.07) is 0.266. The third kappa shape index (κ3) is 4.34. The minimum atomic E-state index is -0.0567. The van der Waals surface area contributed by atoms with Gasteiger partial charge in [0.05, 0.1) is 12.2 Å². The van der Waals surface area contributed by atoms with Gasteiger partial charge in [0.25, 0.3) is 0 Å². The van der Waals surface area contributed by atoms with Crippen LogP contribution in [-0.2, 0) is 13.0 Å². The molecule has 3 rings (SSSR count). The maximum absolute atomic E-state index is 12.4. The van der Waals surface area contributed by atoms with Crippen LogP contribution in [0.1, 0.15) is 44.4 Å². The largest absolute Gasteiger partial charge is 0.357 e. The third-order valence-electron chi connectivity index (χ3n) is 5.46. The summed E-state index contributed by atoms with van der Waals surface area (Å²) in [5.74, 6) is 1.80. The van der Waals surface area contributed by atoms with E-state index in [2.05, 4.69) is 42.6 Å². The van der Waals surface area contributed by atoms with E-state index in [4.69, 9.17) is 9.97 Å². The number of piperidine rings is 1. The van der Waals surface area contributed by atoms with E-state index in [1.807, 2.05) is 4.90 Å². The van der Waals surface area contributed by atoms with E-state index in [0.29, 0.717) is 25.7 Å². The molecule has 2 aliphatic rings. The highest BCUT2D eigenvalue weighted by atomic mass is 16.2. The van der Waals surface area contributed by atoms with Crippen molar-refractivity contribution >= 4 is 17.8 Å². The molecule has 1 fully saturated rings. The summed E-state index contributed by atoms with van der Waals surface area (Å²) < 4.78 is 0. The molecular weight excluding hydrogens is 340 g/mol. The molecule has 1 N–H and O–H groups in total. The molecule has 1 aromatic rings. The van der Waals surface area contributed by atoms with Crippen LogP contribution in [0, 0.1) is 0 Å². The van der Waals surface area contributed by atoms with Crippen LogP contribution < -0.4 is 15.1 Å². The Morgan fingerprint density at radius 1 is 1.26 bits per heavy atom. The summed E-state index contributed by atoms with van der Waals surface area (Å²) >= 11 is 0. The van der Waals surface area contributed by atoms with E-state index in [1.165, 1.54) is 19.3 Å². The number of amides is 2. The first kappa shape index (κ1) is 19.5. The van der Waals surface area contributed by atoms with Crippen molar-refractivity contribution < 1.29 is 4.79 Å². The summed E-state index contributed by atoms with van der Waals surface area (Å²) in [6.07, 6.45) is 6.15. The number of rotatable bonds is 5. The van der Waals surface area contributed by atoms with Gasteiger partial charge in [0.2, 0.25) is 5.95 Å². The SMILES string of the molecule is C=CCNC(=O)N1CCc2nc(N3CCCCC3)nc(N(C)C(C)C)c2C1. The van der Waals surface area contributed by atoms with Crippen LogP contribution in [0.25, 0.3) is 0 Å². The highest BCUT2D eigenvalue weighted by molar-refractivity contribution is 5.75. The van der Waals surface area contributed by atoms with Crippen LogP contribution >= 0.6 is 0 Å². The molecule has 0 bridgehead atoms. The predicted molar refractivity (Wildman–Crippen MR) is 109 cm³/mol. The third-order valence-corrected chi connectivity index (χ3v) is 5.46. The zero-order valence-corrected chi connectivity index (χ0v) is 16.9. The molecule has 0 aromatic carbocycles. The smallest absolute Gasteiger partial charge is 0.317 e. The fourth-order valence-electron chi connectivity index (χ4n) is 3.60. The Morgan fingerprint density at radius 3 is 2.67 bits per heavy atom. The van der Waals surface area contributed by atoms with E-state index in [9.17, 15) is 4.79 Å². The zero-order chi connectivity index (χ0) is 19.4. The second-order valence-electron chi connectivity index (χ2n) is 7.67. The fraction of sp³-hybridized carbons (Fsp3) is 0.650. The quantitative estimate of drug-likeness (QED) is 0.805. The van der Waals surface area contributed by atoms with E-state index in [0.717, 1.165) is 42.5 Å². The lowest BCUT2D eigenvalue weighted by atomic mass is 10.1. The molecule has 27 heavy (non-hydrogen) atoms. The summed E-state index contributed by atoms with van der Waals surface area (Å²) in [7, 11) is 2.07. The Bertz CT molecular complexity index is 683. The van der Waals surface area contributed by atoms with Crippen molar-refractivity contribution in [2.24, 2.45) is 0 Å². The molecule has 0 atom stereocenters. The fourth-order valence-corrected chi connectivity index (χ4v) is 3.60. The molecule has 1 aromatic heterocycles. The zero-order valence-electron chi connectivity index (χ0n) is 16.9. The first-order chi connectivity index (χ1) is 13.0. The van der Waals surface area contributed by atoms with Gasteiger partial charge < -0.3 is 20.0 Å². The second-order valence-corrected chi connectivity index (χ2v) is 7.67. The van der Waals surface area contributed by atoms with Gasteiger partial charge in [0, 0.05) is 51.3 Å². The molecule has 0 saturated carbocycles. The molecule has 0 aliphatic carbocycles. The number of anilines is 2. The second kappa shape index (κ2) is 8.59. The minimum absolute atomic E-state index is 0.0567. The maximum atomic E-state index is 12.4. The molecular formula is C20H32N6O. The van der Waals surface area contributed by atoms with Gasteiger partial charge in [-0.1, -0.05) is 6.08 Å². The number of nitrogens with one attached hydrogen (secondary N) is 1. The summed E-state index contributed by atoms with van der Waals surface area (Å²) in [4.78, 5) is 28.6. The number of fused-ring (bicyclic) bond motifs is 1. The molecule has 0 unspecified atom stereocenters. The van der Waals surface area contributed by atoms with E-state index >= 15 is 0 Å². The number of aromatic nitrogens is 2. The topological polar surface area (TPSA) is 64.6 Å². The van der Waals surface area contributed by atoms with Crippen molar-refractivity contribution in [2.45, 2.75) is 52.1 Å². The maximum Gasteiger partial charge on any atom is 0.317 e. The van der Waals surface area contributed by atoms with Gasteiger partial charge in [-0.15, -0.1) is 6.58 Å². The summed E-state index contributed by atoms with van der Waals surface area (Å²) in [5, 5.41) is 2.87. The first-order valence-electron chi connectivity index (χ1n) is 10.0. The highest BCUT2D eigenvalue weighted by Crippen LogP contribution is 2.30. The average Bonchev–Trinajstić information content (AvgIpc) is 2.70. The van der Waals surface area contributed by atoms with Crippen molar-refractivity contribution in [1.82, 2.24) is 20.2 Å². The number of nitrogens with zero attached hydrogens (tertiary/aromatic N) is 5. The molecule has 7 nitrogen and oxygen atoms in total. The highest BCUT2D eigenvalue weighted by Gasteiger charge is 2.28. The predicted octanol–water partition coefficient (Wildman–Crippen LogP) is 2.57. The lowest BCUT2D eigenvalue weighted by molar-refractivity contribution is 0.193. The van der Waals surface area contributed by atoms with Crippen LogP contribution in [0.5, 0.6) is 0 Å². The van der Waals surface area contributed by atoms with Gasteiger partial charge in [-0.3, -0.25) is 0 Å². The number of carbonyl (C=O) groups excluding carboxylic acids is 1. The number of hydrogen-bond donors (Lipinski definition) is 1. The van der Waals surface area contributed by atoms with Gasteiger partial charge in [0.1, 0.15) is 5.82 Å².